The molecule has 0 saturated carbocycles. The van der Waals surface area contributed by atoms with Crippen LogP contribution >= 0.6 is 0 Å². The molecule has 114 valence electrons. The van der Waals surface area contributed by atoms with Crippen LogP contribution in [0, 0.1) is 6.92 Å². The smallest absolute Gasteiger partial charge is 0.164 e. The predicted octanol–water partition coefficient (Wildman–Crippen LogP) is 2.32. The largest absolute Gasteiger partial charge is 0.497 e. The van der Waals surface area contributed by atoms with Gasteiger partial charge >= 0.3 is 0 Å². The monoisotopic (exact) mass is 290 g/mol. The van der Waals surface area contributed by atoms with Crippen LogP contribution in [0.3, 0.4) is 0 Å². The van der Waals surface area contributed by atoms with Gasteiger partial charge < -0.3 is 9.47 Å². The second-order valence-electron chi connectivity index (χ2n) is 5.04. The summed E-state index contributed by atoms with van der Waals surface area (Å²) in [7, 11) is 5.36. The van der Waals surface area contributed by atoms with Crippen molar-refractivity contribution in [3.8, 4) is 11.5 Å². The van der Waals surface area contributed by atoms with Gasteiger partial charge in [-0.15, -0.1) is 0 Å². The standard InChI is InChI=1S/C15H22N4O2/c1-10(19(3)9-15-16-11(2)17-18-15)13-7-6-12(20-4)8-14(13)21-5/h6-8,10H,9H2,1-5H3,(H,16,17,18)/t10-/m1/s1. The molecule has 0 spiro atoms. The van der Waals surface area contributed by atoms with Crippen LogP contribution < -0.4 is 9.47 Å². The number of aromatic nitrogens is 3. The molecule has 6 nitrogen and oxygen atoms in total. The lowest BCUT2D eigenvalue weighted by Gasteiger charge is -2.25. The summed E-state index contributed by atoms with van der Waals surface area (Å²) in [5, 5.41) is 7.03. The van der Waals surface area contributed by atoms with Gasteiger partial charge in [-0.1, -0.05) is 6.07 Å². The SMILES string of the molecule is COc1ccc([C@@H](C)N(C)Cc2n[nH]c(C)n2)c(OC)c1. The average Bonchev–Trinajstić information content (AvgIpc) is 2.90. The second-order valence-corrected chi connectivity index (χ2v) is 5.04. The Hall–Kier alpha value is -2.08. The van der Waals surface area contributed by atoms with Gasteiger partial charge in [-0.25, -0.2) is 4.98 Å². The number of nitrogens with zero attached hydrogens (tertiary/aromatic N) is 3. The first-order valence-corrected chi connectivity index (χ1v) is 6.85. The lowest BCUT2D eigenvalue weighted by Crippen LogP contribution is -2.23. The van der Waals surface area contributed by atoms with Gasteiger partial charge in [0.25, 0.3) is 0 Å². The summed E-state index contributed by atoms with van der Waals surface area (Å²) in [6.07, 6.45) is 0. The molecule has 0 amide bonds. The second kappa shape index (κ2) is 6.58. The van der Waals surface area contributed by atoms with Gasteiger partial charge in [0.2, 0.25) is 0 Å². The Morgan fingerprint density at radius 1 is 1.29 bits per heavy atom. The molecular weight excluding hydrogens is 268 g/mol. The van der Waals surface area contributed by atoms with Gasteiger partial charge in [0.15, 0.2) is 5.82 Å². The Morgan fingerprint density at radius 3 is 2.62 bits per heavy atom. The van der Waals surface area contributed by atoms with Gasteiger partial charge in [0, 0.05) is 17.7 Å². The molecule has 6 heteroatoms. The van der Waals surface area contributed by atoms with Gasteiger partial charge in [-0.3, -0.25) is 10.00 Å². The maximum Gasteiger partial charge on any atom is 0.164 e. The normalized spacial score (nSPS) is 12.5. The number of nitrogens with one attached hydrogen (secondary N) is 1. The maximum absolute atomic E-state index is 5.47. The summed E-state index contributed by atoms with van der Waals surface area (Å²) in [6, 6.07) is 6.04. The first kappa shape index (κ1) is 15.3. The van der Waals surface area contributed by atoms with Crippen molar-refractivity contribution < 1.29 is 9.47 Å². The van der Waals surface area contributed by atoms with Crippen LogP contribution in [-0.4, -0.2) is 41.3 Å². The number of hydrogen-bond acceptors (Lipinski definition) is 5. The molecule has 0 fully saturated rings. The van der Waals surface area contributed by atoms with Crippen molar-refractivity contribution in [2.24, 2.45) is 0 Å². The van der Waals surface area contributed by atoms with E-state index in [1.54, 1.807) is 14.2 Å². The van der Waals surface area contributed by atoms with Crippen molar-refractivity contribution >= 4 is 0 Å². The number of benzene rings is 1. The molecular formula is C15H22N4O2. The Labute approximate surface area is 125 Å². The highest BCUT2D eigenvalue weighted by atomic mass is 16.5. The minimum atomic E-state index is 0.171. The lowest BCUT2D eigenvalue weighted by atomic mass is 10.1. The first-order valence-electron chi connectivity index (χ1n) is 6.85. The van der Waals surface area contributed by atoms with Crippen LogP contribution in [0.5, 0.6) is 11.5 Å². The summed E-state index contributed by atoms with van der Waals surface area (Å²) in [5.74, 6) is 3.22. The minimum absolute atomic E-state index is 0.171. The molecule has 1 atom stereocenters. The van der Waals surface area contributed by atoms with E-state index in [1.165, 1.54) is 0 Å². The summed E-state index contributed by atoms with van der Waals surface area (Å²) in [5.41, 5.74) is 1.10. The van der Waals surface area contributed by atoms with Gasteiger partial charge in [-0.2, -0.15) is 5.10 Å². The zero-order chi connectivity index (χ0) is 15.4. The van der Waals surface area contributed by atoms with Crippen LogP contribution in [0.2, 0.25) is 0 Å². The van der Waals surface area contributed by atoms with E-state index < -0.39 is 0 Å². The molecule has 2 aromatic rings. The number of rotatable bonds is 6. The van der Waals surface area contributed by atoms with Gasteiger partial charge in [0.1, 0.15) is 17.3 Å². The van der Waals surface area contributed by atoms with Crippen LogP contribution in [0.4, 0.5) is 0 Å². The lowest BCUT2D eigenvalue weighted by molar-refractivity contribution is 0.241. The average molecular weight is 290 g/mol. The van der Waals surface area contributed by atoms with Crippen LogP contribution in [0.1, 0.15) is 30.2 Å². The van der Waals surface area contributed by atoms with E-state index in [1.807, 2.05) is 32.2 Å². The molecule has 0 radical (unpaired) electrons. The number of aryl methyl sites for hydroxylation is 1. The third kappa shape index (κ3) is 3.52. The fourth-order valence-corrected chi connectivity index (χ4v) is 2.22. The van der Waals surface area contributed by atoms with Gasteiger partial charge in [-0.05, 0) is 27.0 Å². The number of ether oxygens (including phenoxy) is 2. The highest BCUT2D eigenvalue weighted by Gasteiger charge is 2.18. The quantitative estimate of drug-likeness (QED) is 0.884. The van der Waals surface area contributed by atoms with Crippen LogP contribution in [-0.2, 0) is 6.54 Å². The zero-order valence-corrected chi connectivity index (χ0v) is 13.2. The molecule has 0 saturated heterocycles. The Morgan fingerprint density at radius 2 is 2.05 bits per heavy atom. The van der Waals surface area contributed by atoms with E-state index >= 15 is 0 Å². The summed E-state index contributed by atoms with van der Waals surface area (Å²) < 4.78 is 10.7. The topological polar surface area (TPSA) is 63.3 Å². The third-order valence-electron chi connectivity index (χ3n) is 3.59. The van der Waals surface area contributed by atoms with Crippen molar-refractivity contribution in [1.82, 2.24) is 20.1 Å². The van der Waals surface area contributed by atoms with Crippen LogP contribution in [0.15, 0.2) is 18.2 Å². The molecule has 21 heavy (non-hydrogen) atoms. The Balaban J connectivity index is 2.16. The molecule has 0 aliphatic carbocycles. The van der Waals surface area contributed by atoms with Crippen molar-refractivity contribution in [1.29, 1.82) is 0 Å². The number of methoxy groups -OCH3 is 2. The molecule has 1 heterocycles. The highest BCUT2D eigenvalue weighted by Crippen LogP contribution is 2.32. The van der Waals surface area contributed by atoms with Crippen molar-refractivity contribution in [2.75, 3.05) is 21.3 Å². The van der Waals surface area contributed by atoms with E-state index in [-0.39, 0.29) is 6.04 Å². The fraction of sp³-hybridized carbons (Fsp3) is 0.467. The molecule has 2 rings (SSSR count). The highest BCUT2D eigenvalue weighted by molar-refractivity contribution is 5.42. The van der Waals surface area contributed by atoms with Gasteiger partial charge in [0.05, 0.1) is 20.8 Å². The summed E-state index contributed by atoms with van der Waals surface area (Å²) >= 11 is 0. The number of aromatic amines is 1. The molecule has 1 aromatic carbocycles. The summed E-state index contributed by atoms with van der Waals surface area (Å²) in [4.78, 5) is 6.51. The van der Waals surface area contributed by atoms with Crippen LogP contribution in [0.25, 0.3) is 0 Å². The fourth-order valence-electron chi connectivity index (χ4n) is 2.22. The Bertz CT molecular complexity index is 597. The maximum atomic E-state index is 5.47. The van der Waals surface area contributed by atoms with E-state index in [0.717, 1.165) is 28.7 Å². The zero-order valence-electron chi connectivity index (χ0n) is 13.2. The molecule has 1 aromatic heterocycles. The molecule has 0 aliphatic rings. The molecule has 0 bridgehead atoms. The first-order chi connectivity index (χ1) is 10.0. The molecule has 0 aliphatic heterocycles. The minimum Gasteiger partial charge on any atom is -0.497 e. The third-order valence-corrected chi connectivity index (χ3v) is 3.59. The van der Waals surface area contributed by atoms with E-state index in [0.29, 0.717) is 6.54 Å². The van der Waals surface area contributed by atoms with E-state index in [4.69, 9.17) is 9.47 Å². The summed E-state index contributed by atoms with van der Waals surface area (Å²) in [6.45, 7) is 4.69. The molecule has 1 N–H and O–H groups in total. The number of hydrogen-bond donors (Lipinski definition) is 1. The van der Waals surface area contributed by atoms with Crippen molar-refractivity contribution in [2.45, 2.75) is 26.4 Å². The molecule has 0 unspecified atom stereocenters. The van der Waals surface area contributed by atoms with Crippen molar-refractivity contribution in [3.05, 3.63) is 35.4 Å². The predicted molar refractivity (Wildman–Crippen MR) is 80.5 cm³/mol. The number of H-pyrrole nitrogens is 1. The van der Waals surface area contributed by atoms with Crippen molar-refractivity contribution in [3.63, 3.8) is 0 Å². The van der Waals surface area contributed by atoms with E-state index in [2.05, 4.69) is 27.0 Å². The Kier molecular flexibility index (Phi) is 4.80. The van der Waals surface area contributed by atoms with E-state index in [9.17, 15) is 0 Å².